The van der Waals surface area contributed by atoms with Crippen LogP contribution in [0.5, 0.6) is 0 Å². The topological polar surface area (TPSA) is 61.8 Å². The number of imidazole rings is 1. The molecule has 0 saturated heterocycles. The van der Waals surface area contributed by atoms with E-state index in [-0.39, 0.29) is 18.6 Å². The van der Waals surface area contributed by atoms with Crippen molar-refractivity contribution < 1.29 is 14.0 Å². The van der Waals surface area contributed by atoms with Gasteiger partial charge >= 0.3 is 5.69 Å². The van der Waals surface area contributed by atoms with Crippen LogP contribution in [0.2, 0.25) is 0 Å². The predicted octanol–water partition coefficient (Wildman–Crippen LogP) is 2.23. The van der Waals surface area contributed by atoms with Crippen molar-refractivity contribution in [2.75, 3.05) is 0 Å². The number of aromatic nitrogens is 4. The van der Waals surface area contributed by atoms with Gasteiger partial charge in [0.05, 0.1) is 6.33 Å². The van der Waals surface area contributed by atoms with E-state index in [0.29, 0.717) is 17.4 Å². The molecule has 2 aromatic heterocycles. The third-order valence-electron chi connectivity index (χ3n) is 3.61. The zero-order chi connectivity index (χ0) is 23.3. The Morgan fingerprint density at radius 1 is 1.39 bits per heavy atom. The molecule has 0 fully saturated rings. The van der Waals surface area contributed by atoms with E-state index in [2.05, 4.69) is 4.98 Å². The Morgan fingerprint density at radius 2 is 2.13 bits per heavy atom. The summed E-state index contributed by atoms with van der Waals surface area (Å²) in [4.78, 5) is 29.4. The Bertz CT molecular complexity index is 1050. The maximum atomic E-state index is 13.6. The molecule has 0 aliphatic carbocycles. The highest BCUT2D eigenvalue weighted by molar-refractivity contribution is 5.69. The van der Waals surface area contributed by atoms with Crippen molar-refractivity contribution in [2.45, 2.75) is 65.0 Å². The van der Waals surface area contributed by atoms with Crippen molar-refractivity contribution in [1.29, 1.82) is 0 Å². The first-order valence-corrected chi connectivity index (χ1v) is 7.30. The average molecular weight is 331 g/mol. The van der Waals surface area contributed by atoms with Gasteiger partial charge in [-0.25, -0.2) is 14.2 Å². The smallest absolute Gasteiger partial charge is 0.325 e. The lowest BCUT2D eigenvalue weighted by Gasteiger charge is -2.14. The molecule has 0 amide bonds. The SMILES string of the molecule is [2H]C([2H])([2H])C([2H])([2H])C([2H])([2H])n1cnc2c1c(=O)n(CCCCC(C)(C)F)c(=O)n2C. The van der Waals surface area contributed by atoms with Crippen LogP contribution in [0.3, 0.4) is 0 Å². The molecule has 0 atom stereocenters. The van der Waals surface area contributed by atoms with Crippen LogP contribution in [0.15, 0.2) is 15.9 Å². The van der Waals surface area contributed by atoms with Gasteiger partial charge in [0.15, 0.2) is 11.2 Å². The van der Waals surface area contributed by atoms with Gasteiger partial charge in [-0.05, 0) is 39.5 Å². The van der Waals surface area contributed by atoms with Gasteiger partial charge in [-0.1, -0.05) is 6.85 Å². The minimum Gasteiger partial charge on any atom is -0.325 e. The van der Waals surface area contributed by atoms with E-state index in [4.69, 9.17) is 9.60 Å². The third kappa shape index (κ3) is 3.71. The molecule has 0 bridgehead atoms. The number of unbranched alkanes of at least 4 members (excludes halogenated alkanes) is 1. The number of halogens is 1. The highest BCUT2D eigenvalue weighted by Gasteiger charge is 2.17. The lowest BCUT2D eigenvalue weighted by molar-refractivity contribution is 0.195. The number of hydrogen-bond donors (Lipinski definition) is 0. The molecule has 2 aromatic rings. The molecular formula is C16H25FN4O2. The van der Waals surface area contributed by atoms with Gasteiger partial charge in [0.2, 0.25) is 0 Å². The Hall–Kier alpha value is -1.92. The van der Waals surface area contributed by atoms with Crippen molar-refractivity contribution in [2.24, 2.45) is 7.05 Å². The second-order valence-electron chi connectivity index (χ2n) is 6.00. The van der Waals surface area contributed by atoms with Gasteiger partial charge in [-0.2, -0.15) is 0 Å². The Kier molecular flexibility index (Phi) is 2.92. The van der Waals surface area contributed by atoms with E-state index in [0.717, 1.165) is 15.5 Å². The molecular weight excluding hydrogens is 299 g/mol. The Labute approximate surface area is 144 Å². The molecule has 7 heteroatoms. The zero-order valence-corrected chi connectivity index (χ0v) is 13.4. The molecule has 0 N–H and O–H groups in total. The lowest BCUT2D eigenvalue weighted by Crippen LogP contribution is -2.39. The van der Waals surface area contributed by atoms with Crippen LogP contribution in [0.1, 0.15) is 55.9 Å². The molecule has 0 unspecified atom stereocenters. The quantitative estimate of drug-likeness (QED) is 0.731. The number of hydrogen-bond acceptors (Lipinski definition) is 3. The molecule has 23 heavy (non-hydrogen) atoms. The number of nitrogens with zero attached hydrogens (tertiary/aromatic N) is 4. The zero-order valence-electron chi connectivity index (χ0n) is 20.4. The molecule has 0 saturated carbocycles. The van der Waals surface area contributed by atoms with Gasteiger partial charge in [-0.15, -0.1) is 0 Å². The van der Waals surface area contributed by atoms with Crippen LogP contribution in [0.4, 0.5) is 4.39 Å². The minimum absolute atomic E-state index is 0.0577. The van der Waals surface area contributed by atoms with Crippen molar-refractivity contribution in [3.8, 4) is 0 Å². The minimum atomic E-state index is -3.35. The number of alkyl halides is 1. The second-order valence-corrected chi connectivity index (χ2v) is 6.00. The summed E-state index contributed by atoms with van der Waals surface area (Å²) < 4.78 is 69.9. The third-order valence-corrected chi connectivity index (χ3v) is 3.61. The Balaban J connectivity index is 2.60. The average Bonchev–Trinajstić information content (AvgIpc) is 3.03. The molecule has 0 aliphatic rings. The molecule has 0 aromatic carbocycles. The largest absolute Gasteiger partial charge is 0.332 e. The van der Waals surface area contributed by atoms with Gasteiger partial charge in [0.25, 0.3) is 5.56 Å². The van der Waals surface area contributed by atoms with Gasteiger partial charge in [-0.3, -0.25) is 13.9 Å². The van der Waals surface area contributed by atoms with Crippen LogP contribution in [0.25, 0.3) is 11.2 Å². The summed E-state index contributed by atoms with van der Waals surface area (Å²) in [5.74, 6) is 0. The number of fused-ring (bicyclic) bond motifs is 1. The highest BCUT2D eigenvalue weighted by Crippen LogP contribution is 2.17. The number of aryl methyl sites for hydroxylation is 2. The van der Waals surface area contributed by atoms with E-state index in [1.54, 1.807) is 0 Å². The van der Waals surface area contributed by atoms with E-state index in [1.807, 2.05) is 0 Å². The standard InChI is InChI=1S/C16H25FN4O2/c1-5-9-20-11-18-13-12(20)14(22)21(15(23)19(13)4)10-7-6-8-16(2,3)17/h11H,5-10H2,1-4H3/i1D3,5D2,9D2. The highest BCUT2D eigenvalue weighted by atomic mass is 19.1. The Morgan fingerprint density at radius 3 is 2.78 bits per heavy atom. The van der Waals surface area contributed by atoms with E-state index >= 15 is 0 Å². The molecule has 0 aliphatic heterocycles. The summed E-state index contributed by atoms with van der Waals surface area (Å²) in [6, 6.07) is 0. The van der Waals surface area contributed by atoms with Crippen molar-refractivity contribution in [3.63, 3.8) is 0 Å². The van der Waals surface area contributed by atoms with Crippen molar-refractivity contribution >= 4 is 11.2 Å². The van der Waals surface area contributed by atoms with Gasteiger partial charge in [0.1, 0.15) is 5.67 Å². The molecule has 128 valence electrons. The fourth-order valence-corrected chi connectivity index (χ4v) is 2.43. The first kappa shape index (κ1) is 10.1. The first-order chi connectivity index (χ1) is 13.4. The normalized spacial score (nSPS) is 18.5. The number of rotatable bonds is 7. The predicted molar refractivity (Wildman–Crippen MR) is 88.6 cm³/mol. The van der Waals surface area contributed by atoms with E-state index < -0.39 is 42.2 Å². The van der Waals surface area contributed by atoms with Gasteiger partial charge < -0.3 is 4.57 Å². The van der Waals surface area contributed by atoms with Crippen molar-refractivity contribution in [1.82, 2.24) is 18.7 Å². The van der Waals surface area contributed by atoms with Gasteiger partial charge in [0, 0.05) is 29.7 Å². The summed E-state index contributed by atoms with van der Waals surface area (Å²) in [5.41, 5.74) is -3.65. The molecule has 2 heterocycles. The molecule has 6 nitrogen and oxygen atoms in total. The summed E-state index contributed by atoms with van der Waals surface area (Å²) in [5, 5.41) is 0. The molecule has 0 radical (unpaired) electrons. The van der Waals surface area contributed by atoms with E-state index in [9.17, 15) is 14.0 Å². The monoisotopic (exact) mass is 331 g/mol. The maximum absolute atomic E-state index is 13.6. The fraction of sp³-hybridized carbons (Fsp3) is 0.688. The summed E-state index contributed by atoms with van der Waals surface area (Å²) >= 11 is 0. The van der Waals surface area contributed by atoms with E-state index in [1.165, 1.54) is 20.9 Å². The molecule has 0 spiro atoms. The fourth-order valence-electron chi connectivity index (χ4n) is 2.43. The molecule has 2 rings (SSSR count). The summed E-state index contributed by atoms with van der Waals surface area (Å²) in [6.07, 6.45) is -1.61. The summed E-state index contributed by atoms with van der Waals surface area (Å²) in [7, 11) is 1.32. The maximum Gasteiger partial charge on any atom is 0.332 e. The van der Waals surface area contributed by atoms with Crippen molar-refractivity contribution in [3.05, 3.63) is 27.2 Å². The summed E-state index contributed by atoms with van der Waals surface area (Å²) in [6.45, 7) is -3.71. The van der Waals surface area contributed by atoms with Crippen LogP contribution in [-0.4, -0.2) is 24.4 Å². The second kappa shape index (κ2) is 6.68. The lowest BCUT2D eigenvalue weighted by atomic mass is 10.0. The first-order valence-electron chi connectivity index (χ1n) is 10.8. The van der Waals surface area contributed by atoms with Crippen LogP contribution in [-0.2, 0) is 20.1 Å². The van der Waals surface area contributed by atoms with Crippen LogP contribution >= 0.6 is 0 Å². The van der Waals surface area contributed by atoms with Crippen LogP contribution < -0.4 is 11.2 Å². The van der Waals surface area contributed by atoms with Crippen LogP contribution in [0, 0.1) is 0 Å².